The van der Waals surface area contributed by atoms with Gasteiger partial charge in [0.15, 0.2) is 0 Å². The fraction of sp³-hybridized carbons (Fsp3) is 0.167. The lowest BCUT2D eigenvalue weighted by atomic mass is 10.1. The summed E-state index contributed by atoms with van der Waals surface area (Å²) in [4.78, 5) is 10.5. The first kappa shape index (κ1) is 12.0. The zero-order valence-corrected chi connectivity index (χ0v) is 9.83. The van der Waals surface area contributed by atoms with Crippen molar-refractivity contribution in [1.29, 1.82) is 0 Å². The van der Waals surface area contributed by atoms with Crippen molar-refractivity contribution in [2.45, 2.75) is 13.5 Å². The van der Waals surface area contributed by atoms with E-state index in [-0.39, 0.29) is 5.69 Å². The number of aromatic nitrogens is 2. The van der Waals surface area contributed by atoms with Crippen molar-refractivity contribution in [1.82, 2.24) is 10.2 Å². The highest BCUT2D eigenvalue weighted by atomic mass is 16.6. The maximum Gasteiger partial charge on any atom is 0.292 e. The van der Waals surface area contributed by atoms with Gasteiger partial charge in [-0.15, -0.1) is 0 Å². The first-order valence-electron chi connectivity index (χ1n) is 5.43. The van der Waals surface area contributed by atoms with E-state index in [4.69, 9.17) is 0 Å². The predicted molar refractivity (Wildman–Crippen MR) is 67.2 cm³/mol. The van der Waals surface area contributed by atoms with Crippen LogP contribution in [0.1, 0.15) is 11.3 Å². The fourth-order valence-electron chi connectivity index (χ4n) is 1.64. The van der Waals surface area contributed by atoms with Gasteiger partial charge in [-0.05, 0) is 24.6 Å². The lowest BCUT2D eigenvalue weighted by molar-refractivity contribution is -0.384. The summed E-state index contributed by atoms with van der Waals surface area (Å²) < 4.78 is 0. The average Bonchev–Trinajstić information content (AvgIpc) is 2.38. The Labute approximate surface area is 104 Å². The molecule has 1 N–H and O–H groups in total. The zero-order chi connectivity index (χ0) is 13.0. The summed E-state index contributed by atoms with van der Waals surface area (Å²) in [6.45, 7) is 2.23. The van der Waals surface area contributed by atoms with Crippen LogP contribution in [0.4, 0.5) is 11.4 Å². The van der Waals surface area contributed by atoms with Gasteiger partial charge in [0.2, 0.25) is 0 Å². The molecule has 0 saturated heterocycles. The van der Waals surface area contributed by atoms with Crippen molar-refractivity contribution >= 4 is 11.4 Å². The summed E-state index contributed by atoms with van der Waals surface area (Å²) in [5, 5.41) is 21.6. The summed E-state index contributed by atoms with van der Waals surface area (Å²) in [6, 6.07) is 8.55. The smallest absolute Gasteiger partial charge is 0.292 e. The fourth-order valence-corrected chi connectivity index (χ4v) is 1.64. The van der Waals surface area contributed by atoms with Crippen LogP contribution in [0.15, 0.2) is 36.5 Å². The summed E-state index contributed by atoms with van der Waals surface area (Å²) in [6.07, 6.45) is 1.58. The molecule has 1 aromatic heterocycles. The molecular weight excluding hydrogens is 232 g/mol. The largest absolute Gasteiger partial charge is 0.374 e. The van der Waals surface area contributed by atoms with Gasteiger partial charge in [0.1, 0.15) is 5.69 Å². The SMILES string of the molecule is Cc1cccc([N+](=O)[O-])c1NCc1cccnn1. The first-order chi connectivity index (χ1) is 8.68. The molecule has 0 saturated carbocycles. The Morgan fingerprint density at radius 2 is 2.17 bits per heavy atom. The number of para-hydroxylation sites is 1. The summed E-state index contributed by atoms with van der Waals surface area (Å²) in [5.41, 5.74) is 2.15. The highest BCUT2D eigenvalue weighted by molar-refractivity contribution is 5.65. The number of nitro benzene ring substituents is 1. The van der Waals surface area contributed by atoms with Crippen LogP contribution in [0.3, 0.4) is 0 Å². The predicted octanol–water partition coefficient (Wildman–Crippen LogP) is 2.31. The van der Waals surface area contributed by atoms with Crippen molar-refractivity contribution in [3.05, 3.63) is 57.9 Å². The molecule has 2 rings (SSSR count). The molecule has 18 heavy (non-hydrogen) atoms. The standard InChI is InChI=1S/C12H12N4O2/c1-9-4-2-6-11(16(17)18)12(9)13-8-10-5-3-7-14-15-10/h2-7,13H,8H2,1H3. The number of benzene rings is 1. The third-order valence-corrected chi connectivity index (χ3v) is 2.52. The highest BCUT2D eigenvalue weighted by Crippen LogP contribution is 2.27. The Morgan fingerprint density at radius 1 is 1.33 bits per heavy atom. The third kappa shape index (κ3) is 2.60. The molecule has 0 atom stereocenters. The Balaban J connectivity index is 2.21. The first-order valence-corrected chi connectivity index (χ1v) is 5.43. The van der Waals surface area contributed by atoms with E-state index < -0.39 is 4.92 Å². The zero-order valence-electron chi connectivity index (χ0n) is 9.83. The van der Waals surface area contributed by atoms with Crippen LogP contribution >= 0.6 is 0 Å². The van der Waals surface area contributed by atoms with Crippen LogP contribution in [0.2, 0.25) is 0 Å². The minimum Gasteiger partial charge on any atom is -0.374 e. The van der Waals surface area contributed by atoms with Gasteiger partial charge in [-0.2, -0.15) is 10.2 Å². The molecule has 0 amide bonds. The molecule has 0 aliphatic rings. The normalized spacial score (nSPS) is 10.1. The Bertz CT molecular complexity index is 557. The van der Waals surface area contributed by atoms with Crippen molar-refractivity contribution in [2.75, 3.05) is 5.32 Å². The van der Waals surface area contributed by atoms with Gasteiger partial charge in [-0.3, -0.25) is 10.1 Å². The molecule has 6 nitrogen and oxygen atoms in total. The van der Waals surface area contributed by atoms with Crippen LogP contribution in [-0.2, 0) is 6.54 Å². The number of rotatable bonds is 4. The second kappa shape index (κ2) is 5.22. The van der Waals surface area contributed by atoms with Crippen LogP contribution < -0.4 is 5.32 Å². The Kier molecular flexibility index (Phi) is 3.47. The molecular formula is C12H12N4O2. The van der Waals surface area contributed by atoms with E-state index in [1.165, 1.54) is 6.07 Å². The molecule has 1 aromatic carbocycles. The number of nitrogens with one attached hydrogen (secondary N) is 1. The second-order valence-corrected chi connectivity index (χ2v) is 3.79. The van der Waals surface area contributed by atoms with Crippen LogP contribution in [0.5, 0.6) is 0 Å². The van der Waals surface area contributed by atoms with Crippen LogP contribution in [0, 0.1) is 17.0 Å². The number of aryl methyl sites for hydroxylation is 1. The molecule has 0 bridgehead atoms. The summed E-state index contributed by atoms with van der Waals surface area (Å²) in [7, 11) is 0. The maximum absolute atomic E-state index is 10.9. The number of hydrogen-bond acceptors (Lipinski definition) is 5. The molecule has 0 spiro atoms. The summed E-state index contributed by atoms with van der Waals surface area (Å²) in [5.74, 6) is 0. The maximum atomic E-state index is 10.9. The van der Waals surface area contributed by atoms with Crippen molar-refractivity contribution in [3.63, 3.8) is 0 Å². The van der Waals surface area contributed by atoms with E-state index in [0.717, 1.165) is 11.3 Å². The third-order valence-electron chi connectivity index (χ3n) is 2.52. The highest BCUT2D eigenvalue weighted by Gasteiger charge is 2.14. The molecule has 2 aromatic rings. The second-order valence-electron chi connectivity index (χ2n) is 3.79. The quantitative estimate of drug-likeness (QED) is 0.659. The van der Waals surface area contributed by atoms with Gasteiger partial charge in [0.05, 0.1) is 17.2 Å². The van der Waals surface area contributed by atoms with E-state index in [9.17, 15) is 10.1 Å². The van der Waals surface area contributed by atoms with E-state index in [2.05, 4.69) is 15.5 Å². The Morgan fingerprint density at radius 3 is 2.83 bits per heavy atom. The molecule has 0 aliphatic heterocycles. The van der Waals surface area contributed by atoms with Gasteiger partial charge in [-0.1, -0.05) is 12.1 Å². The molecule has 92 valence electrons. The van der Waals surface area contributed by atoms with Crippen LogP contribution in [0.25, 0.3) is 0 Å². The van der Waals surface area contributed by atoms with Gasteiger partial charge < -0.3 is 5.32 Å². The number of nitro groups is 1. The van der Waals surface area contributed by atoms with E-state index in [1.54, 1.807) is 18.3 Å². The lowest BCUT2D eigenvalue weighted by Gasteiger charge is -2.09. The van der Waals surface area contributed by atoms with Crippen molar-refractivity contribution in [3.8, 4) is 0 Å². The van der Waals surface area contributed by atoms with E-state index in [0.29, 0.717) is 12.2 Å². The monoisotopic (exact) mass is 244 g/mol. The minimum atomic E-state index is -0.397. The van der Waals surface area contributed by atoms with Crippen molar-refractivity contribution in [2.24, 2.45) is 0 Å². The average molecular weight is 244 g/mol. The Hall–Kier alpha value is -2.50. The van der Waals surface area contributed by atoms with Gasteiger partial charge in [0, 0.05) is 12.3 Å². The number of nitrogens with zero attached hydrogens (tertiary/aromatic N) is 3. The van der Waals surface area contributed by atoms with E-state index >= 15 is 0 Å². The van der Waals surface area contributed by atoms with Crippen molar-refractivity contribution < 1.29 is 4.92 Å². The molecule has 6 heteroatoms. The molecule has 1 heterocycles. The lowest BCUT2D eigenvalue weighted by Crippen LogP contribution is -2.06. The molecule has 0 radical (unpaired) electrons. The van der Waals surface area contributed by atoms with Gasteiger partial charge in [0.25, 0.3) is 5.69 Å². The van der Waals surface area contributed by atoms with Gasteiger partial charge in [-0.25, -0.2) is 0 Å². The van der Waals surface area contributed by atoms with E-state index in [1.807, 2.05) is 19.1 Å². The summed E-state index contributed by atoms with van der Waals surface area (Å²) >= 11 is 0. The minimum absolute atomic E-state index is 0.0684. The topological polar surface area (TPSA) is 81.0 Å². The molecule has 0 unspecified atom stereocenters. The molecule has 0 fully saturated rings. The van der Waals surface area contributed by atoms with Crippen LogP contribution in [-0.4, -0.2) is 15.1 Å². The number of anilines is 1. The number of hydrogen-bond donors (Lipinski definition) is 1. The molecule has 0 aliphatic carbocycles. The van der Waals surface area contributed by atoms with Gasteiger partial charge >= 0.3 is 0 Å².